The van der Waals surface area contributed by atoms with Crippen LogP contribution in [0.3, 0.4) is 0 Å². The molecule has 4 N–H and O–H groups in total. The topological polar surface area (TPSA) is 85.8 Å². The van der Waals surface area contributed by atoms with Crippen molar-refractivity contribution in [1.82, 2.24) is 16.0 Å². The van der Waals surface area contributed by atoms with Gasteiger partial charge in [0.1, 0.15) is 5.82 Å². The van der Waals surface area contributed by atoms with E-state index in [9.17, 15) is 14.3 Å². The predicted octanol–water partition coefficient (Wildman–Crippen LogP) is 2.46. The molecule has 0 aliphatic rings. The molecule has 1 unspecified atom stereocenters. The number of carbonyl (C=O) groups is 1. The first-order chi connectivity index (χ1) is 13.4. The molecule has 6 nitrogen and oxygen atoms in total. The number of guanidine groups is 1. The average molecular weight is 395 g/mol. The minimum absolute atomic E-state index is 0.169. The number of aliphatic hydroxyl groups is 1. The lowest BCUT2D eigenvalue weighted by Gasteiger charge is -2.17. The second-order valence-corrected chi connectivity index (χ2v) is 7.37. The van der Waals surface area contributed by atoms with Gasteiger partial charge in [-0.15, -0.1) is 0 Å². The van der Waals surface area contributed by atoms with Crippen molar-refractivity contribution in [2.24, 2.45) is 16.8 Å². The summed E-state index contributed by atoms with van der Waals surface area (Å²) in [6, 6.07) is 4.46. The highest BCUT2D eigenvalue weighted by atomic mass is 19.1. The number of rotatable bonds is 11. The summed E-state index contributed by atoms with van der Waals surface area (Å²) >= 11 is 0. The molecule has 158 valence electrons. The molecular formula is C21H35FN4O2. The molecule has 0 radical (unpaired) electrons. The van der Waals surface area contributed by atoms with E-state index in [2.05, 4.69) is 34.8 Å². The van der Waals surface area contributed by atoms with Crippen LogP contribution in [0.2, 0.25) is 0 Å². The van der Waals surface area contributed by atoms with Crippen LogP contribution in [-0.4, -0.2) is 49.8 Å². The van der Waals surface area contributed by atoms with Gasteiger partial charge in [-0.1, -0.05) is 19.9 Å². The number of hydrogen-bond acceptors (Lipinski definition) is 3. The number of nitrogens with zero attached hydrogens (tertiary/aromatic N) is 1. The van der Waals surface area contributed by atoms with Crippen molar-refractivity contribution in [2.75, 3.05) is 32.8 Å². The molecule has 1 atom stereocenters. The largest absolute Gasteiger partial charge is 0.396 e. The standard InChI is InChI=1S/C21H35FN4O2/c1-5-23-21(26-14-17(8-11-27)12-15(2)3)25-10-9-24-20(28)18-7-6-16(4)19(22)13-18/h6-7,13,15,17,27H,5,8-12,14H2,1-4H3,(H,24,28)(H2,23,25,26). The van der Waals surface area contributed by atoms with Crippen LogP contribution >= 0.6 is 0 Å². The van der Waals surface area contributed by atoms with Crippen molar-refractivity contribution in [2.45, 2.75) is 40.5 Å². The van der Waals surface area contributed by atoms with Gasteiger partial charge in [0.15, 0.2) is 5.96 Å². The van der Waals surface area contributed by atoms with Gasteiger partial charge in [-0.25, -0.2) is 4.39 Å². The fourth-order valence-corrected chi connectivity index (χ4v) is 2.89. The van der Waals surface area contributed by atoms with E-state index >= 15 is 0 Å². The Morgan fingerprint density at radius 3 is 2.54 bits per heavy atom. The van der Waals surface area contributed by atoms with Crippen LogP contribution in [0.4, 0.5) is 4.39 Å². The zero-order chi connectivity index (χ0) is 20.9. The van der Waals surface area contributed by atoms with Gasteiger partial charge in [0.25, 0.3) is 5.91 Å². The SMILES string of the molecule is CCNC(=NCC(CCO)CC(C)C)NCCNC(=O)c1ccc(C)c(F)c1. The molecule has 28 heavy (non-hydrogen) atoms. The average Bonchev–Trinajstić information content (AvgIpc) is 2.64. The monoisotopic (exact) mass is 394 g/mol. The molecule has 1 amide bonds. The lowest BCUT2D eigenvalue weighted by atomic mass is 9.94. The number of carbonyl (C=O) groups excluding carboxylic acids is 1. The summed E-state index contributed by atoms with van der Waals surface area (Å²) < 4.78 is 13.6. The van der Waals surface area contributed by atoms with Crippen LogP contribution in [0.1, 0.15) is 49.5 Å². The van der Waals surface area contributed by atoms with Gasteiger partial charge in [0.2, 0.25) is 0 Å². The fraction of sp³-hybridized carbons (Fsp3) is 0.619. The molecule has 0 aliphatic carbocycles. The third-order valence-corrected chi connectivity index (χ3v) is 4.33. The molecular weight excluding hydrogens is 359 g/mol. The number of aliphatic imine (C=N–C) groups is 1. The Morgan fingerprint density at radius 1 is 1.21 bits per heavy atom. The normalized spacial score (nSPS) is 12.8. The Bertz CT molecular complexity index is 635. The van der Waals surface area contributed by atoms with E-state index in [-0.39, 0.29) is 18.3 Å². The number of hydrogen-bond donors (Lipinski definition) is 4. The number of amides is 1. The Labute approximate surface area is 168 Å². The van der Waals surface area contributed by atoms with Crippen LogP contribution in [0.25, 0.3) is 0 Å². The highest BCUT2D eigenvalue weighted by Crippen LogP contribution is 2.15. The first kappa shape index (κ1) is 23.9. The van der Waals surface area contributed by atoms with Gasteiger partial charge in [0, 0.05) is 38.3 Å². The molecule has 0 heterocycles. The van der Waals surface area contributed by atoms with Gasteiger partial charge in [-0.05, 0) is 56.2 Å². The van der Waals surface area contributed by atoms with Crippen molar-refractivity contribution >= 4 is 11.9 Å². The minimum Gasteiger partial charge on any atom is -0.396 e. The Hall–Kier alpha value is -2.15. The van der Waals surface area contributed by atoms with Gasteiger partial charge < -0.3 is 21.1 Å². The second kappa shape index (κ2) is 13.1. The number of aliphatic hydroxyl groups excluding tert-OH is 1. The molecule has 0 aromatic heterocycles. The maximum atomic E-state index is 13.6. The lowest BCUT2D eigenvalue weighted by molar-refractivity contribution is 0.0954. The number of aryl methyl sites for hydroxylation is 1. The smallest absolute Gasteiger partial charge is 0.251 e. The van der Waals surface area contributed by atoms with Crippen LogP contribution < -0.4 is 16.0 Å². The van der Waals surface area contributed by atoms with Crippen LogP contribution in [0.5, 0.6) is 0 Å². The van der Waals surface area contributed by atoms with Crippen LogP contribution in [0, 0.1) is 24.6 Å². The number of nitrogens with one attached hydrogen (secondary N) is 3. The van der Waals surface area contributed by atoms with E-state index in [1.807, 2.05) is 6.92 Å². The molecule has 0 aliphatic heterocycles. The first-order valence-corrected chi connectivity index (χ1v) is 10.0. The van der Waals surface area contributed by atoms with Gasteiger partial charge in [0.05, 0.1) is 0 Å². The van der Waals surface area contributed by atoms with E-state index in [4.69, 9.17) is 0 Å². The summed E-state index contributed by atoms with van der Waals surface area (Å²) in [5.41, 5.74) is 0.825. The van der Waals surface area contributed by atoms with Crippen LogP contribution in [0.15, 0.2) is 23.2 Å². The number of benzene rings is 1. The molecule has 0 saturated heterocycles. The third kappa shape index (κ3) is 9.17. The van der Waals surface area contributed by atoms with E-state index < -0.39 is 0 Å². The summed E-state index contributed by atoms with van der Waals surface area (Å²) in [6.07, 6.45) is 1.76. The van der Waals surface area contributed by atoms with Crippen molar-refractivity contribution in [3.63, 3.8) is 0 Å². The summed E-state index contributed by atoms with van der Waals surface area (Å²) in [4.78, 5) is 16.7. The maximum absolute atomic E-state index is 13.6. The quantitative estimate of drug-likeness (QED) is 0.264. The highest BCUT2D eigenvalue weighted by molar-refractivity contribution is 5.94. The van der Waals surface area contributed by atoms with Crippen molar-refractivity contribution in [3.05, 3.63) is 35.1 Å². The molecule has 0 fully saturated rings. The second-order valence-electron chi connectivity index (χ2n) is 7.37. The van der Waals surface area contributed by atoms with E-state index in [0.717, 1.165) is 19.4 Å². The van der Waals surface area contributed by atoms with E-state index in [0.29, 0.717) is 48.6 Å². The maximum Gasteiger partial charge on any atom is 0.251 e. The Kier molecular flexibility index (Phi) is 11.2. The molecule has 0 saturated carbocycles. The fourth-order valence-electron chi connectivity index (χ4n) is 2.89. The lowest BCUT2D eigenvalue weighted by Crippen LogP contribution is -2.41. The van der Waals surface area contributed by atoms with Crippen molar-refractivity contribution < 1.29 is 14.3 Å². The van der Waals surface area contributed by atoms with Crippen molar-refractivity contribution in [3.8, 4) is 0 Å². The number of halogens is 1. The summed E-state index contributed by atoms with van der Waals surface area (Å²) in [5.74, 6) is 0.902. The zero-order valence-electron chi connectivity index (χ0n) is 17.5. The molecule has 0 bridgehead atoms. The molecule has 1 rings (SSSR count). The minimum atomic E-state index is -0.383. The summed E-state index contributed by atoms with van der Waals surface area (Å²) in [7, 11) is 0. The molecule has 1 aromatic rings. The summed E-state index contributed by atoms with van der Waals surface area (Å²) in [5, 5.41) is 18.4. The van der Waals surface area contributed by atoms with Crippen LogP contribution in [-0.2, 0) is 0 Å². The van der Waals surface area contributed by atoms with E-state index in [1.54, 1.807) is 19.1 Å². The first-order valence-electron chi connectivity index (χ1n) is 10.0. The van der Waals surface area contributed by atoms with Crippen molar-refractivity contribution in [1.29, 1.82) is 0 Å². The molecule has 7 heteroatoms. The molecule has 0 spiro atoms. The van der Waals surface area contributed by atoms with Gasteiger partial charge >= 0.3 is 0 Å². The third-order valence-electron chi connectivity index (χ3n) is 4.33. The Morgan fingerprint density at radius 2 is 1.93 bits per heavy atom. The van der Waals surface area contributed by atoms with E-state index in [1.165, 1.54) is 6.07 Å². The highest BCUT2D eigenvalue weighted by Gasteiger charge is 2.11. The zero-order valence-corrected chi connectivity index (χ0v) is 17.5. The van der Waals surface area contributed by atoms with Gasteiger partial charge in [-0.2, -0.15) is 0 Å². The summed E-state index contributed by atoms with van der Waals surface area (Å²) in [6.45, 7) is 10.4. The molecule has 1 aromatic carbocycles. The van der Waals surface area contributed by atoms with Gasteiger partial charge in [-0.3, -0.25) is 9.79 Å². The predicted molar refractivity (Wildman–Crippen MR) is 112 cm³/mol. The Balaban J connectivity index is 2.48.